The van der Waals surface area contributed by atoms with Gasteiger partial charge in [-0.2, -0.15) is 0 Å². The van der Waals surface area contributed by atoms with Crippen molar-refractivity contribution in [3.05, 3.63) is 29.8 Å². The number of aromatic nitrogens is 2. The van der Waals surface area contributed by atoms with E-state index in [1.807, 2.05) is 19.1 Å². The molecule has 3 N–H and O–H groups in total. The summed E-state index contributed by atoms with van der Waals surface area (Å²) >= 11 is 2.68. The number of hydrogen-bond acceptors (Lipinski definition) is 7. The Kier molecular flexibility index (Phi) is 8.05. The van der Waals surface area contributed by atoms with Gasteiger partial charge < -0.3 is 16.0 Å². The largest absolute Gasteiger partial charge is 0.355 e. The fourth-order valence-electron chi connectivity index (χ4n) is 2.20. The molecule has 0 aliphatic rings. The summed E-state index contributed by atoms with van der Waals surface area (Å²) in [6, 6.07) is 7.64. The van der Waals surface area contributed by atoms with E-state index in [2.05, 4.69) is 52.1 Å². The first-order valence-electron chi connectivity index (χ1n) is 8.79. The van der Waals surface area contributed by atoms with Crippen LogP contribution < -0.4 is 16.0 Å². The fraction of sp³-hybridized carbons (Fsp3) is 0.444. The zero-order valence-corrected chi connectivity index (χ0v) is 17.5. The smallest absolute Gasteiger partial charge is 0.242 e. The second-order valence-corrected chi connectivity index (χ2v) is 8.45. The Morgan fingerprint density at radius 2 is 1.85 bits per heavy atom. The summed E-state index contributed by atoms with van der Waals surface area (Å²) in [5, 5.41) is 17.4. The molecule has 2 aromatic rings. The number of benzene rings is 1. The molecule has 7 nitrogen and oxygen atoms in total. The van der Waals surface area contributed by atoms with Crippen molar-refractivity contribution in [2.24, 2.45) is 0 Å². The lowest BCUT2D eigenvalue weighted by molar-refractivity contribution is -0.127. The van der Waals surface area contributed by atoms with Crippen molar-refractivity contribution in [2.75, 3.05) is 17.6 Å². The first-order valence-corrected chi connectivity index (χ1v) is 10.6. The first kappa shape index (κ1) is 21.2. The quantitative estimate of drug-likeness (QED) is 0.553. The summed E-state index contributed by atoms with van der Waals surface area (Å²) in [6.45, 7) is 8.34. The molecule has 27 heavy (non-hydrogen) atoms. The average molecular weight is 408 g/mol. The van der Waals surface area contributed by atoms with Crippen molar-refractivity contribution < 1.29 is 9.59 Å². The van der Waals surface area contributed by atoms with Gasteiger partial charge in [-0.25, -0.2) is 0 Å². The molecule has 0 spiro atoms. The van der Waals surface area contributed by atoms with E-state index in [9.17, 15) is 9.59 Å². The summed E-state index contributed by atoms with van der Waals surface area (Å²) in [5.41, 5.74) is 2.22. The van der Waals surface area contributed by atoms with Crippen LogP contribution in [-0.2, 0) is 9.59 Å². The highest BCUT2D eigenvalue weighted by molar-refractivity contribution is 8.01. The van der Waals surface area contributed by atoms with E-state index in [1.54, 1.807) is 6.92 Å². The van der Waals surface area contributed by atoms with Crippen LogP contribution in [0.4, 0.5) is 10.8 Å². The summed E-state index contributed by atoms with van der Waals surface area (Å²) < 4.78 is 0.692. The monoisotopic (exact) mass is 407 g/mol. The predicted octanol–water partition coefficient (Wildman–Crippen LogP) is 3.14. The number of nitrogens with zero attached hydrogens (tertiary/aromatic N) is 2. The zero-order chi connectivity index (χ0) is 19.8. The maximum atomic E-state index is 11.9. The third-order valence-electron chi connectivity index (χ3n) is 3.68. The third-order valence-corrected chi connectivity index (χ3v) is 5.66. The Hall–Kier alpha value is -2.13. The molecular weight excluding hydrogens is 382 g/mol. The number of hydrogen-bond donors (Lipinski definition) is 3. The molecule has 1 aromatic heterocycles. The van der Waals surface area contributed by atoms with Crippen molar-refractivity contribution >= 4 is 45.7 Å². The SMILES string of the molecule is CCNC(=O)[C@H](C)NC(=O)CSc1nnc(Nc2ccc(C(C)C)cc2)s1. The van der Waals surface area contributed by atoms with Crippen LogP contribution in [-0.4, -0.2) is 40.4 Å². The Morgan fingerprint density at radius 1 is 1.15 bits per heavy atom. The van der Waals surface area contributed by atoms with Crippen LogP contribution in [0, 0.1) is 0 Å². The Labute approximate surface area is 167 Å². The number of anilines is 2. The standard InChI is InChI=1S/C18H25N5O2S2/c1-5-19-16(25)12(4)20-15(24)10-26-18-23-22-17(27-18)21-14-8-6-13(7-9-14)11(2)3/h6-9,11-12H,5,10H2,1-4H3,(H,19,25)(H,20,24)(H,21,22)/t12-/m0/s1. The van der Waals surface area contributed by atoms with Gasteiger partial charge in [0.25, 0.3) is 0 Å². The van der Waals surface area contributed by atoms with Gasteiger partial charge in [-0.15, -0.1) is 10.2 Å². The Bertz CT molecular complexity index is 761. The lowest BCUT2D eigenvalue weighted by Crippen LogP contribution is -2.45. The molecule has 0 aliphatic heterocycles. The van der Waals surface area contributed by atoms with Crippen LogP contribution in [0.1, 0.15) is 39.2 Å². The van der Waals surface area contributed by atoms with Gasteiger partial charge in [-0.3, -0.25) is 9.59 Å². The van der Waals surface area contributed by atoms with Gasteiger partial charge in [0.05, 0.1) is 5.75 Å². The van der Waals surface area contributed by atoms with Crippen molar-refractivity contribution in [1.82, 2.24) is 20.8 Å². The molecule has 0 bridgehead atoms. The van der Waals surface area contributed by atoms with E-state index in [-0.39, 0.29) is 17.6 Å². The molecular formula is C18H25N5O2S2. The van der Waals surface area contributed by atoms with Gasteiger partial charge in [0.15, 0.2) is 4.34 Å². The Balaban J connectivity index is 1.81. The molecule has 0 radical (unpaired) electrons. The lowest BCUT2D eigenvalue weighted by Gasteiger charge is -2.12. The van der Waals surface area contributed by atoms with Crippen LogP contribution in [0.25, 0.3) is 0 Å². The second kappa shape index (κ2) is 10.3. The van der Waals surface area contributed by atoms with E-state index in [4.69, 9.17) is 0 Å². The Morgan fingerprint density at radius 3 is 2.48 bits per heavy atom. The molecule has 2 amide bonds. The molecule has 0 aliphatic carbocycles. The molecule has 0 unspecified atom stereocenters. The minimum atomic E-state index is -0.557. The van der Waals surface area contributed by atoms with Crippen LogP contribution in [0.2, 0.25) is 0 Å². The second-order valence-electron chi connectivity index (χ2n) is 6.25. The van der Waals surface area contributed by atoms with Crippen LogP contribution in [0.3, 0.4) is 0 Å². The highest BCUT2D eigenvalue weighted by Gasteiger charge is 2.15. The van der Waals surface area contributed by atoms with Crippen LogP contribution in [0.5, 0.6) is 0 Å². The van der Waals surface area contributed by atoms with Gasteiger partial charge >= 0.3 is 0 Å². The van der Waals surface area contributed by atoms with E-state index in [0.717, 1.165) is 5.69 Å². The molecule has 1 aromatic carbocycles. The molecule has 0 fully saturated rings. The van der Waals surface area contributed by atoms with Gasteiger partial charge in [-0.1, -0.05) is 49.1 Å². The topological polar surface area (TPSA) is 96.0 Å². The number of carbonyl (C=O) groups excluding carboxylic acids is 2. The minimum Gasteiger partial charge on any atom is -0.355 e. The molecule has 0 saturated heterocycles. The van der Waals surface area contributed by atoms with Crippen molar-refractivity contribution in [1.29, 1.82) is 0 Å². The van der Waals surface area contributed by atoms with Crippen LogP contribution in [0.15, 0.2) is 28.6 Å². The molecule has 1 atom stereocenters. The minimum absolute atomic E-state index is 0.182. The zero-order valence-electron chi connectivity index (χ0n) is 15.9. The first-order chi connectivity index (χ1) is 12.9. The van der Waals surface area contributed by atoms with Crippen LogP contribution >= 0.6 is 23.1 Å². The highest BCUT2D eigenvalue weighted by atomic mass is 32.2. The van der Waals surface area contributed by atoms with Gasteiger partial charge in [0, 0.05) is 12.2 Å². The predicted molar refractivity (Wildman–Crippen MR) is 111 cm³/mol. The molecule has 0 saturated carbocycles. The number of nitrogens with one attached hydrogen (secondary N) is 3. The molecule has 9 heteroatoms. The number of thioether (sulfide) groups is 1. The molecule has 2 rings (SSSR count). The van der Waals surface area contributed by atoms with Crippen molar-refractivity contribution in [3.8, 4) is 0 Å². The summed E-state index contributed by atoms with van der Waals surface area (Å²) in [7, 11) is 0. The van der Waals surface area contributed by atoms with E-state index in [0.29, 0.717) is 21.9 Å². The van der Waals surface area contributed by atoms with Gasteiger partial charge in [-0.05, 0) is 37.5 Å². The summed E-state index contributed by atoms with van der Waals surface area (Å²) in [4.78, 5) is 23.6. The lowest BCUT2D eigenvalue weighted by atomic mass is 10.0. The van der Waals surface area contributed by atoms with Gasteiger partial charge in [0.1, 0.15) is 6.04 Å². The molecule has 1 heterocycles. The number of carbonyl (C=O) groups is 2. The summed E-state index contributed by atoms with van der Waals surface area (Å²) in [6.07, 6.45) is 0. The molecule has 146 valence electrons. The van der Waals surface area contributed by atoms with Crippen molar-refractivity contribution in [3.63, 3.8) is 0 Å². The fourth-order valence-corrected chi connectivity index (χ4v) is 3.78. The number of amides is 2. The van der Waals surface area contributed by atoms with E-state index in [1.165, 1.54) is 28.7 Å². The maximum absolute atomic E-state index is 11.9. The normalized spacial score (nSPS) is 11.9. The van der Waals surface area contributed by atoms with Gasteiger partial charge in [0.2, 0.25) is 16.9 Å². The summed E-state index contributed by atoms with van der Waals surface area (Å²) in [5.74, 6) is 0.265. The highest BCUT2D eigenvalue weighted by Crippen LogP contribution is 2.28. The number of likely N-dealkylation sites (N-methyl/N-ethyl adjacent to an activating group) is 1. The average Bonchev–Trinajstić information content (AvgIpc) is 3.08. The number of rotatable bonds is 9. The maximum Gasteiger partial charge on any atom is 0.242 e. The van der Waals surface area contributed by atoms with E-state index < -0.39 is 6.04 Å². The van der Waals surface area contributed by atoms with Crippen molar-refractivity contribution in [2.45, 2.75) is 44.0 Å². The third kappa shape index (κ3) is 6.84. The van der Waals surface area contributed by atoms with E-state index >= 15 is 0 Å².